The summed E-state index contributed by atoms with van der Waals surface area (Å²) in [6.45, 7) is 7.60. The van der Waals surface area contributed by atoms with Crippen LogP contribution in [0.4, 0.5) is 8.78 Å². The molecule has 15 nitrogen and oxygen atoms in total. The van der Waals surface area contributed by atoms with E-state index in [0.29, 0.717) is 78.9 Å². The first kappa shape index (κ1) is 41.1. The first-order chi connectivity index (χ1) is 32.3. The average Bonchev–Trinajstić information content (AvgIpc) is 4.12. The van der Waals surface area contributed by atoms with Crippen LogP contribution in [0, 0.1) is 25.5 Å². The van der Waals surface area contributed by atoms with Crippen molar-refractivity contribution in [3.05, 3.63) is 144 Å². The van der Waals surface area contributed by atoms with Gasteiger partial charge in [-0.05, 0) is 120 Å². The number of hydrogen-bond donors (Lipinski definition) is 2. The summed E-state index contributed by atoms with van der Waals surface area (Å²) in [6, 6.07) is 23.5. The van der Waals surface area contributed by atoms with Gasteiger partial charge in [0.15, 0.2) is 17.0 Å². The Kier molecular flexibility index (Phi) is 10.8. The predicted molar refractivity (Wildman–Crippen MR) is 246 cm³/mol. The smallest absolute Gasteiger partial charge is 0.197 e. The minimum Gasteiger partial charge on any atom is -0.453 e. The number of fused-ring (bicyclic) bond motifs is 4. The van der Waals surface area contributed by atoms with Crippen molar-refractivity contribution in [2.45, 2.75) is 51.4 Å². The molecule has 17 heteroatoms. The number of nitrogens with one attached hydrogen (secondary N) is 2. The van der Waals surface area contributed by atoms with E-state index >= 15 is 8.78 Å². The lowest BCUT2D eigenvalue weighted by Crippen LogP contribution is -2.27. The molecule has 330 valence electrons. The minimum atomic E-state index is -0.341. The Balaban J connectivity index is 0.000000146. The van der Waals surface area contributed by atoms with Crippen LogP contribution in [-0.4, -0.2) is 85.3 Å². The number of benzene rings is 3. The van der Waals surface area contributed by atoms with Gasteiger partial charge in [-0.25, -0.2) is 32.8 Å². The molecule has 2 saturated heterocycles. The number of nitrogens with zero attached hydrogens (tertiary/aromatic N) is 12. The minimum absolute atomic E-state index is 0.309. The fraction of sp³-hybridized carbons (Fsp3) is 0.245. The number of ether oxygens (including phenoxy) is 1. The number of piperidine rings is 2. The van der Waals surface area contributed by atoms with E-state index < -0.39 is 0 Å². The molecule has 7 aromatic heterocycles. The molecule has 2 aliphatic heterocycles. The number of aromatic nitrogens is 12. The molecule has 3 aromatic carbocycles. The van der Waals surface area contributed by atoms with Crippen LogP contribution in [0.2, 0.25) is 0 Å². The molecule has 0 radical (unpaired) electrons. The molecule has 0 aliphatic carbocycles. The first-order valence-corrected chi connectivity index (χ1v) is 22.1. The maximum atomic E-state index is 15.3. The summed E-state index contributed by atoms with van der Waals surface area (Å²) in [5.74, 6) is 1.18. The van der Waals surface area contributed by atoms with Crippen LogP contribution >= 0.6 is 0 Å². The van der Waals surface area contributed by atoms with Gasteiger partial charge >= 0.3 is 0 Å². The van der Waals surface area contributed by atoms with Gasteiger partial charge in [-0.1, -0.05) is 18.2 Å². The van der Waals surface area contributed by atoms with Gasteiger partial charge in [0.1, 0.15) is 17.4 Å². The monoisotopic (exact) mass is 882 g/mol. The standard InChI is InChI=1S/C26H23FN6O.C23H21FN8/c1-16-15-33-26(29-16)25(34-19-5-3-2-4-6-19)14-23(32-33)18-11-21(27)20-13-22(30-31-24(20)12-18)17-7-9-28-10-8-17;1-14-12-32-23(27-14)22(31-7-6-26-13-31)11-20(30-32)16-8-18(24)17-10-19(28-29-21(17)9-16)15-2-4-25-5-3-15/h2-6,11-15,17,28H,7-10H2,1H3;6-13,15,25H,2-5H2,1H3. The largest absolute Gasteiger partial charge is 0.453 e. The normalized spacial score (nSPS) is 14.8. The lowest BCUT2D eigenvalue weighted by molar-refractivity contribution is 0.451. The Morgan fingerprint density at radius 2 is 1.17 bits per heavy atom. The molecule has 66 heavy (non-hydrogen) atoms. The lowest BCUT2D eigenvalue weighted by Gasteiger charge is -2.21. The Bertz CT molecular complexity index is 3380. The van der Waals surface area contributed by atoms with Gasteiger partial charge in [0.2, 0.25) is 0 Å². The SMILES string of the molecule is Cc1cn2nc(-c3cc(F)c4cc(C5CCNCC5)nnc4c3)cc(-n3ccnc3)c2n1.Cc1cn2nc(-c3cc(F)c4cc(C5CCNCC5)nnc4c3)cc(Oc3ccccc3)c2n1. The van der Waals surface area contributed by atoms with E-state index in [-0.39, 0.29) is 11.6 Å². The zero-order valence-corrected chi connectivity index (χ0v) is 36.2. The Morgan fingerprint density at radius 1 is 0.621 bits per heavy atom. The van der Waals surface area contributed by atoms with Gasteiger partial charge in [0.25, 0.3) is 0 Å². The van der Waals surface area contributed by atoms with Crippen molar-refractivity contribution in [2.24, 2.45) is 0 Å². The number of halogens is 2. The average molecular weight is 883 g/mol. The first-order valence-electron chi connectivity index (χ1n) is 22.1. The molecule has 0 spiro atoms. The van der Waals surface area contributed by atoms with E-state index in [4.69, 9.17) is 4.74 Å². The van der Waals surface area contributed by atoms with Crippen LogP contribution in [0.1, 0.15) is 60.3 Å². The van der Waals surface area contributed by atoms with Crippen molar-refractivity contribution in [1.29, 1.82) is 0 Å². The zero-order valence-electron chi connectivity index (χ0n) is 36.2. The molecular formula is C49H44F2N14O. The van der Waals surface area contributed by atoms with Gasteiger partial charge in [-0.2, -0.15) is 30.6 Å². The second-order valence-electron chi connectivity index (χ2n) is 16.9. The molecule has 0 bridgehead atoms. The van der Waals surface area contributed by atoms with Crippen LogP contribution in [0.5, 0.6) is 11.5 Å². The van der Waals surface area contributed by atoms with Crippen molar-refractivity contribution in [3.63, 3.8) is 0 Å². The highest BCUT2D eigenvalue weighted by atomic mass is 19.1. The van der Waals surface area contributed by atoms with Crippen molar-refractivity contribution in [2.75, 3.05) is 26.2 Å². The Hall–Kier alpha value is -7.63. The van der Waals surface area contributed by atoms with E-state index in [9.17, 15) is 0 Å². The van der Waals surface area contributed by atoms with E-state index in [1.54, 1.807) is 27.6 Å². The number of rotatable bonds is 7. The van der Waals surface area contributed by atoms with Gasteiger partial charge in [-0.3, -0.25) is 0 Å². The summed E-state index contributed by atoms with van der Waals surface area (Å²) in [6.07, 6.45) is 12.9. The molecule has 10 aromatic rings. The zero-order chi connectivity index (χ0) is 44.7. The molecule has 12 rings (SSSR count). The van der Waals surface area contributed by atoms with Crippen LogP contribution in [-0.2, 0) is 0 Å². The molecule has 9 heterocycles. The second kappa shape index (κ2) is 17.4. The fourth-order valence-corrected chi connectivity index (χ4v) is 8.87. The van der Waals surface area contributed by atoms with Crippen LogP contribution in [0.25, 0.3) is 61.3 Å². The summed E-state index contributed by atoms with van der Waals surface area (Å²) in [5, 5.41) is 34.6. The van der Waals surface area contributed by atoms with Crippen LogP contribution in [0.15, 0.2) is 110 Å². The highest BCUT2D eigenvalue weighted by Crippen LogP contribution is 2.34. The highest BCUT2D eigenvalue weighted by Gasteiger charge is 2.22. The summed E-state index contributed by atoms with van der Waals surface area (Å²) < 4.78 is 41.9. The van der Waals surface area contributed by atoms with Gasteiger partial charge in [0, 0.05) is 52.2 Å². The lowest BCUT2D eigenvalue weighted by atomic mass is 9.93. The van der Waals surface area contributed by atoms with Crippen molar-refractivity contribution >= 4 is 33.1 Å². The summed E-state index contributed by atoms with van der Waals surface area (Å²) in [7, 11) is 0. The second-order valence-corrected chi connectivity index (χ2v) is 16.9. The summed E-state index contributed by atoms with van der Waals surface area (Å²) >= 11 is 0. The number of imidazole rings is 3. The molecular weight excluding hydrogens is 839 g/mol. The van der Waals surface area contributed by atoms with E-state index in [1.807, 2.05) is 97.7 Å². The third-order valence-corrected chi connectivity index (χ3v) is 12.2. The Morgan fingerprint density at radius 3 is 1.73 bits per heavy atom. The van der Waals surface area contributed by atoms with Crippen molar-refractivity contribution < 1.29 is 13.5 Å². The van der Waals surface area contributed by atoms with Gasteiger partial charge < -0.3 is 19.9 Å². The fourth-order valence-electron chi connectivity index (χ4n) is 8.87. The van der Waals surface area contributed by atoms with Crippen molar-refractivity contribution in [1.82, 2.24) is 69.8 Å². The molecule has 2 fully saturated rings. The molecule has 0 atom stereocenters. The van der Waals surface area contributed by atoms with E-state index in [2.05, 4.69) is 56.2 Å². The molecule has 0 amide bonds. The number of hydrogen-bond acceptors (Lipinski definition) is 12. The van der Waals surface area contributed by atoms with Gasteiger partial charge in [-0.15, -0.1) is 0 Å². The van der Waals surface area contributed by atoms with Crippen LogP contribution in [0.3, 0.4) is 0 Å². The molecule has 0 unspecified atom stereocenters. The maximum absolute atomic E-state index is 15.3. The Labute approximate surface area is 377 Å². The third kappa shape index (κ3) is 8.18. The molecule has 2 N–H and O–H groups in total. The summed E-state index contributed by atoms with van der Waals surface area (Å²) in [4.78, 5) is 13.3. The summed E-state index contributed by atoms with van der Waals surface area (Å²) in [5.41, 5.74) is 8.91. The van der Waals surface area contributed by atoms with E-state index in [0.717, 1.165) is 80.3 Å². The quantitative estimate of drug-likeness (QED) is 0.157. The van der Waals surface area contributed by atoms with Crippen molar-refractivity contribution in [3.8, 4) is 39.7 Å². The number of aryl methyl sites for hydroxylation is 2. The molecule has 0 saturated carbocycles. The molecule has 2 aliphatic rings. The van der Waals surface area contributed by atoms with Gasteiger partial charge in [0.05, 0.1) is 69.6 Å². The highest BCUT2D eigenvalue weighted by molar-refractivity contribution is 5.86. The van der Waals surface area contributed by atoms with Crippen LogP contribution < -0.4 is 15.4 Å². The van der Waals surface area contributed by atoms with E-state index in [1.165, 1.54) is 12.1 Å². The predicted octanol–water partition coefficient (Wildman–Crippen LogP) is 8.49. The topological polar surface area (TPSA) is 163 Å². The number of para-hydroxylation sites is 1. The maximum Gasteiger partial charge on any atom is 0.197 e. The third-order valence-electron chi connectivity index (χ3n) is 12.2.